The molecule has 6 heteroatoms. The van der Waals surface area contributed by atoms with Gasteiger partial charge in [0, 0.05) is 25.6 Å². The fourth-order valence-corrected chi connectivity index (χ4v) is 4.28. The summed E-state index contributed by atoms with van der Waals surface area (Å²) in [7, 11) is 1.66. The van der Waals surface area contributed by atoms with Crippen LogP contribution < -0.4 is 10.1 Å². The minimum absolute atomic E-state index is 0.0656. The molecular formula is C23H35N3O3. The number of hydrogen-bond donors (Lipinski definition) is 1. The molecule has 2 amide bonds. The summed E-state index contributed by atoms with van der Waals surface area (Å²) in [5.41, 5.74) is 1.18. The second-order valence-electron chi connectivity index (χ2n) is 8.24. The first-order valence-corrected chi connectivity index (χ1v) is 11.1. The molecule has 2 saturated heterocycles. The number of hydrogen-bond acceptors (Lipinski definition) is 4. The molecule has 0 bridgehead atoms. The van der Waals surface area contributed by atoms with Crippen molar-refractivity contribution in [3.05, 3.63) is 29.8 Å². The molecule has 2 aliphatic rings. The third-order valence-corrected chi connectivity index (χ3v) is 6.12. The van der Waals surface area contributed by atoms with Crippen LogP contribution in [0.4, 0.5) is 0 Å². The third kappa shape index (κ3) is 6.74. The molecule has 1 aromatic rings. The predicted molar refractivity (Wildman–Crippen MR) is 114 cm³/mol. The van der Waals surface area contributed by atoms with E-state index in [4.69, 9.17) is 4.74 Å². The van der Waals surface area contributed by atoms with Gasteiger partial charge in [0.05, 0.1) is 13.7 Å². The lowest BCUT2D eigenvalue weighted by molar-refractivity contribution is -0.137. The number of nitrogens with one attached hydrogen (secondary N) is 1. The van der Waals surface area contributed by atoms with Crippen molar-refractivity contribution in [2.75, 3.05) is 46.4 Å². The Labute approximate surface area is 174 Å². The number of amides is 2. The molecule has 0 spiro atoms. The zero-order valence-electron chi connectivity index (χ0n) is 17.7. The summed E-state index contributed by atoms with van der Waals surface area (Å²) in [4.78, 5) is 29.3. The number of benzene rings is 1. The van der Waals surface area contributed by atoms with Gasteiger partial charge in [-0.15, -0.1) is 0 Å². The molecule has 29 heavy (non-hydrogen) atoms. The Hall–Kier alpha value is -2.08. The molecule has 6 nitrogen and oxygen atoms in total. The first-order valence-electron chi connectivity index (χ1n) is 11.1. The van der Waals surface area contributed by atoms with Crippen LogP contribution in [-0.4, -0.2) is 68.0 Å². The summed E-state index contributed by atoms with van der Waals surface area (Å²) in [5, 5.41) is 3.01. The highest BCUT2D eigenvalue weighted by atomic mass is 16.5. The highest BCUT2D eigenvalue weighted by molar-refractivity contribution is 5.79. The fraction of sp³-hybridized carbons (Fsp3) is 0.652. The van der Waals surface area contributed by atoms with Gasteiger partial charge in [0.25, 0.3) is 0 Å². The Bertz CT molecular complexity index is 646. The van der Waals surface area contributed by atoms with Crippen LogP contribution >= 0.6 is 0 Å². The normalized spacial score (nSPS) is 18.9. The number of nitrogens with zero attached hydrogens (tertiary/aromatic N) is 2. The van der Waals surface area contributed by atoms with Crippen molar-refractivity contribution >= 4 is 11.8 Å². The first kappa shape index (κ1) is 21.6. The second kappa shape index (κ2) is 11.2. The van der Waals surface area contributed by atoms with Crippen molar-refractivity contribution in [3.8, 4) is 5.75 Å². The van der Waals surface area contributed by atoms with E-state index in [2.05, 4.69) is 15.1 Å². The summed E-state index contributed by atoms with van der Waals surface area (Å²) < 4.78 is 5.16. The Balaban J connectivity index is 1.33. The number of likely N-dealkylation sites (tertiary alicyclic amines) is 2. The van der Waals surface area contributed by atoms with Gasteiger partial charge < -0.3 is 15.0 Å². The van der Waals surface area contributed by atoms with Gasteiger partial charge in [0.1, 0.15) is 5.75 Å². The topological polar surface area (TPSA) is 61.9 Å². The molecule has 0 atom stereocenters. The van der Waals surface area contributed by atoms with E-state index in [0.29, 0.717) is 19.0 Å². The highest BCUT2D eigenvalue weighted by Crippen LogP contribution is 2.21. The number of piperidine rings is 1. The van der Waals surface area contributed by atoms with Gasteiger partial charge in [-0.3, -0.25) is 14.5 Å². The van der Waals surface area contributed by atoms with Crippen LogP contribution in [-0.2, 0) is 16.0 Å². The van der Waals surface area contributed by atoms with E-state index in [-0.39, 0.29) is 11.8 Å². The molecule has 2 fully saturated rings. The first-order chi connectivity index (χ1) is 14.2. The van der Waals surface area contributed by atoms with Crippen molar-refractivity contribution in [2.24, 2.45) is 5.92 Å². The molecule has 160 valence electrons. The van der Waals surface area contributed by atoms with Crippen molar-refractivity contribution in [3.63, 3.8) is 0 Å². The van der Waals surface area contributed by atoms with Gasteiger partial charge in [0.15, 0.2) is 0 Å². The van der Waals surface area contributed by atoms with Crippen LogP contribution in [0.5, 0.6) is 5.75 Å². The van der Waals surface area contributed by atoms with Crippen molar-refractivity contribution in [2.45, 2.75) is 44.9 Å². The molecule has 1 N–H and O–H groups in total. The summed E-state index contributed by atoms with van der Waals surface area (Å²) >= 11 is 0. The molecular weight excluding hydrogens is 366 g/mol. The zero-order valence-corrected chi connectivity index (χ0v) is 17.7. The molecule has 1 aromatic carbocycles. The molecule has 0 unspecified atom stereocenters. The fourth-order valence-electron chi connectivity index (χ4n) is 4.28. The van der Waals surface area contributed by atoms with Crippen molar-refractivity contribution < 1.29 is 14.3 Å². The highest BCUT2D eigenvalue weighted by Gasteiger charge is 2.29. The van der Waals surface area contributed by atoms with Gasteiger partial charge in [-0.05, 0) is 62.9 Å². The maximum Gasteiger partial charge on any atom is 0.234 e. The number of ether oxygens (including phenoxy) is 1. The molecule has 2 heterocycles. The molecule has 0 saturated carbocycles. The predicted octanol–water partition coefficient (Wildman–Crippen LogP) is 2.47. The SMILES string of the molecule is COc1ccc(CCNC(=O)CN2CCC(C(=O)N3CCCCCC3)CC2)cc1. The van der Waals surface area contributed by atoms with Crippen molar-refractivity contribution in [1.82, 2.24) is 15.1 Å². The Kier molecular flexibility index (Phi) is 8.35. The van der Waals surface area contributed by atoms with Crippen LogP contribution in [0.1, 0.15) is 44.1 Å². The van der Waals surface area contributed by atoms with Crippen molar-refractivity contribution in [1.29, 1.82) is 0 Å². The summed E-state index contributed by atoms with van der Waals surface area (Å²) in [5.74, 6) is 1.39. The Morgan fingerprint density at radius 1 is 1.00 bits per heavy atom. The smallest absolute Gasteiger partial charge is 0.234 e. The number of carbonyl (C=O) groups is 2. The molecule has 0 aliphatic carbocycles. The van der Waals surface area contributed by atoms with E-state index in [1.807, 2.05) is 24.3 Å². The van der Waals surface area contributed by atoms with Gasteiger partial charge >= 0.3 is 0 Å². The third-order valence-electron chi connectivity index (χ3n) is 6.12. The molecule has 0 radical (unpaired) electrons. The van der Waals surface area contributed by atoms with Gasteiger partial charge in [-0.2, -0.15) is 0 Å². The van der Waals surface area contributed by atoms with Crippen LogP contribution in [0, 0.1) is 5.92 Å². The second-order valence-corrected chi connectivity index (χ2v) is 8.24. The van der Waals surface area contributed by atoms with Crippen LogP contribution in [0.15, 0.2) is 24.3 Å². The lowest BCUT2D eigenvalue weighted by atomic mass is 9.95. The van der Waals surface area contributed by atoms with Crippen LogP contribution in [0.25, 0.3) is 0 Å². The van der Waals surface area contributed by atoms with Crippen LogP contribution in [0.3, 0.4) is 0 Å². The number of methoxy groups -OCH3 is 1. The minimum Gasteiger partial charge on any atom is -0.497 e. The van der Waals surface area contributed by atoms with E-state index < -0.39 is 0 Å². The quantitative estimate of drug-likeness (QED) is 0.762. The molecule has 3 rings (SSSR count). The van der Waals surface area contributed by atoms with Crippen LogP contribution in [0.2, 0.25) is 0 Å². The zero-order chi connectivity index (χ0) is 20.5. The number of carbonyl (C=O) groups excluding carboxylic acids is 2. The van der Waals surface area contributed by atoms with E-state index in [0.717, 1.165) is 64.0 Å². The van der Waals surface area contributed by atoms with E-state index in [9.17, 15) is 9.59 Å². The summed E-state index contributed by atoms with van der Waals surface area (Å²) in [6, 6.07) is 7.93. The molecule has 2 aliphatic heterocycles. The van der Waals surface area contributed by atoms with E-state index in [1.165, 1.54) is 18.4 Å². The average Bonchev–Trinajstić information content (AvgIpc) is 3.04. The van der Waals surface area contributed by atoms with E-state index in [1.54, 1.807) is 7.11 Å². The standard InChI is InChI=1S/C23H35N3O3/c1-29-21-8-6-19(7-9-21)10-13-24-22(27)18-25-16-11-20(12-17-25)23(28)26-14-4-2-3-5-15-26/h6-9,20H,2-5,10-18H2,1H3,(H,24,27). The summed E-state index contributed by atoms with van der Waals surface area (Å²) in [6.07, 6.45) is 7.32. The average molecular weight is 402 g/mol. The minimum atomic E-state index is 0.0656. The van der Waals surface area contributed by atoms with Gasteiger partial charge in [-0.1, -0.05) is 25.0 Å². The summed E-state index contributed by atoms with van der Waals surface area (Å²) in [6.45, 7) is 4.57. The van der Waals surface area contributed by atoms with Gasteiger partial charge in [-0.25, -0.2) is 0 Å². The molecule has 0 aromatic heterocycles. The van der Waals surface area contributed by atoms with Gasteiger partial charge in [0.2, 0.25) is 11.8 Å². The Morgan fingerprint density at radius 3 is 2.28 bits per heavy atom. The maximum atomic E-state index is 12.8. The maximum absolute atomic E-state index is 12.8. The lowest BCUT2D eigenvalue weighted by Gasteiger charge is -2.33. The Morgan fingerprint density at radius 2 is 1.66 bits per heavy atom. The largest absolute Gasteiger partial charge is 0.497 e. The monoisotopic (exact) mass is 401 g/mol. The van der Waals surface area contributed by atoms with E-state index >= 15 is 0 Å². The number of rotatable bonds is 7. The lowest BCUT2D eigenvalue weighted by Crippen LogP contribution is -2.45.